The van der Waals surface area contributed by atoms with Crippen LogP contribution in [0, 0.1) is 11.6 Å². The van der Waals surface area contributed by atoms with Gasteiger partial charge in [0, 0.05) is 21.6 Å². The fraction of sp³-hybridized carbons (Fsp3) is 0.0800. The fourth-order valence-corrected chi connectivity index (χ4v) is 3.77. The zero-order valence-corrected chi connectivity index (χ0v) is 20.4. The van der Waals surface area contributed by atoms with Gasteiger partial charge in [0.05, 0.1) is 17.8 Å². The number of aromatic nitrogens is 1. The first-order valence-corrected chi connectivity index (χ1v) is 11.5. The van der Waals surface area contributed by atoms with Gasteiger partial charge in [-0.2, -0.15) is 0 Å². The molecule has 3 N–H and O–H groups in total. The van der Waals surface area contributed by atoms with E-state index in [4.69, 9.17) is 4.74 Å². The molecule has 0 spiro atoms. The van der Waals surface area contributed by atoms with Crippen LogP contribution in [0.4, 0.5) is 20.2 Å². The molecule has 0 aliphatic heterocycles. The second-order valence-corrected chi connectivity index (χ2v) is 8.41. The maximum atomic E-state index is 13.9. The number of hydrogen-bond acceptors (Lipinski definition) is 4. The van der Waals surface area contributed by atoms with Crippen LogP contribution in [0.15, 0.2) is 71.2 Å². The van der Waals surface area contributed by atoms with Crippen molar-refractivity contribution in [2.75, 3.05) is 22.7 Å². The lowest BCUT2D eigenvalue weighted by Crippen LogP contribution is -2.36. The summed E-state index contributed by atoms with van der Waals surface area (Å²) in [6.07, 6.45) is 0. The van der Waals surface area contributed by atoms with E-state index in [1.165, 1.54) is 0 Å². The van der Waals surface area contributed by atoms with Crippen LogP contribution in [0.25, 0.3) is 10.9 Å². The van der Waals surface area contributed by atoms with Gasteiger partial charge in [-0.1, -0.05) is 15.9 Å². The molecule has 0 bridgehead atoms. The van der Waals surface area contributed by atoms with Crippen molar-refractivity contribution in [2.45, 2.75) is 6.92 Å². The third-order valence-corrected chi connectivity index (χ3v) is 5.51. The Morgan fingerprint density at radius 2 is 1.67 bits per heavy atom. The van der Waals surface area contributed by atoms with Gasteiger partial charge in [0.25, 0.3) is 5.91 Å². The van der Waals surface area contributed by atoms with Crippen molar-refractivity contribution < 1.29 is 27.9 Å². The van der Waals surface area contributed by atoms with Crippen LogP contribution in [0.3, 0.4) is 0 Å². The molecule has 8 nitrogen and oxygen atoms in total. The minimum Gasteiger partial charge on any atom is -0.494 e. The van der Waals surface area contributed by atoms with Crippen molar-refractivity contribution in [3.63, 3.8) is 0 Å². The zero-order chi connectivity index (χ0) is 25.8. The molecule has 0 radical (unpaired) electrons. The molecule has 3 amide bonds. The molecule has 36 heavy (non-hydrogen) atoms. The Kier molecular flexibility index (Phi) is 7.30. The van der Waals surface area contributed by atoms with Gasteiger partial charge in [-0.15, -0.1) is 0 Å². The average molecular weight is 557 g/mol. The minimum absolute atomic E-state index is 0.0334. The van der Waals surface area contributed by atoms with Crippen LogP contribution < -0.4 is 20.8 Å². The highest BCUT2D eigenvalue weighted by atomic mass is 79.9. The van der Waals surface area contributed by atoms with Gasteiger partial charge in [-0.05, 0) is 67.6 Å². The lowest BCUT2D eigenvalue weighted by Gasteiger charge is -2.13. The third-order valence-electron chi connectivity index (χ3n) is 5.02. The van der Waals surface area contributed by atoms with Crippen molar-refractivity contribution in [3.8, 4) is 5.75 Å². The Morgan fingerprint density at radius 1 is 0.917 bits per heavy atom. The molecule has 1 aromatic heterocycles. The molecule has 0 atom stereocenters. The van der Waals surface area contributed by atoms with Crippen molar-refractivity contribution in [1.82, 2.24) is 4.68 Å². The van der Waals surface area contributed by atoms with Gasteiger partial charge >= 0.3 is 11.8 Å². The molecule has 0 unspecified atom stereocenters. The van der Waals surface area contributed by atoms with E-state index >= 15 is 0 Å². The molecule has 3 aromatic carbocycles. The summed E-state index contributed by atoms with van der Waals surface area (Å²) >= 11 is 3.36. The van der Waals surface area contributed by atoms with Gasteiger partial charge in [0.15, 0.2) is 0 Å². The summed E-state index contributed by atoms with van der Waals surface area (Å²) in [4.78, 5) is 38.2. The number of carbonyl (C=O) groups is 3. The lowest BCUT2D eigenvalue weighted by atomic mass is 10.2. The van der Waals surface area contributed by atoms with Crippen LogP contribution >= 0.6 is 15.9 Å². The van der Waals surface area contributed by atoms with Gasteiger partial charge in [-0.3, -0.25) is 19.8 Å². The largest absolute Gasteiger partial charge is 0.494 e. The summed E-state index contributed by atoms with van der Waals surface area (Å²) in [6.45, 7) is 2.36. The van der Waals surface area contributed by atoms with Gasteiger partial charge in [0.2, 0.25) is 0 Å². The van der Waals surface area contributed by atoms with E-state index in [0.717, 1.165) is 21.3 Å². The number of rotatable bonds is 6. The molecule has 11 heteroatoms. The summed E-state index contributed by atoms with van der Waals surface area (Å²) in [5.74, 6) is -4.17. The number of halogens is 3. The highest BCUT2D eigenvalue weighted by Gasteiger charge is 2.22. The molecule has 4 rings (SSSR count). The van der Waals surface area contributed by atoms with Gasteiger partial charge in [-0.25, -0.2) is 13.5 Å². The van der Waals surface area contributed by atoms with E-state index < -0.39 is 29.4 Å². The van der Waals surface area contributed by atoms with Crippen LogP contribution in [-0.2, 0) is 9.59 Å². The first-order valence-electron chi connectivity index (χ1n) is 10.7. The molecule has 0 aliphatic rings. The molecular weight excluding hydrogens is 538 g/mol. The third kappa shape index (κ3) is 5.52. The van der Waals surface area contributed by atoms with Crippen molar-refractivity contribution in [3.05, 3.63) is 88.5 Å². The highest BCUT2D eigenvalue weighted by Crippen LogP contribution is 2.24. The maximum Gasteiger partial charge on any atom is 0.328 e. The second kappa shape index (κ2) is 10.6. The molecule has 1 heterocycles. The lowest BCUT2D eigenvalue weighted by molar-refractivity contribution is -0.133. The number of amides is 3. The number of carbonyl (C=O) groups excluding carboxylic acids is 3. The van der Waals surface area contributed by atoms with Crippen LogP contribution in [0.2, 0.25) is 0 Å². The molecule has 0 saturated heterocycles. The maximum absolute atomic E-state index is 13.9. The number of fused-ring (bicyclic) bond motifs is 1. The molecule has 184 valence electrons. The predicted molar refractivity (Wildman–Crippen MR) is 135 cm³/mol. The average Bonchev–Trinajstić information content (AvgIpc) is 3.19. The summed E-state index contributed by atoms with van der Waals surface area (Å²) in [7, 11) is 0. The first kappa shape index (κ1) is 24.9. The van der Waals surface area contributed by atoms with Crippen molar-refractivity contribution in [1.29, 1.82) is 0 Å². The van der Waals surface area contributed by atoms with Crippen LogP contribution in [-0.4, -0.2) is 29.0 Å². The van der Waals surface area contributed by atoms with Gasteiger partial charge in [0.1, 0.15) is 23.1 Å². The number of nitrogens with zero attached hydrogens (tertiary/aromatic N) is 1. The summed E-state index contributed by atoms with van der Waals surface area (Å²) in [5.41, 5.74) is 2.95. The van der Waals surface area contributed by atoms with E-state index in [2.05, 4.69) is 32.0 Å². The first-order chi connectivity index (χ1) is 17.2. The minimum atomic E-state index is -1.21. The van der Waals surface area contributed by atoms with Crippen molar-refractivity contribution in [2.24, 2.45) is 0 Å². The number of nitrogens with one attached hydrogen (secondary N) is 3. The molecule has 0 fully saturated rings. The Labute approximate surface area is 212 Å². The Bertz CT molecular complexity index is 1470. The summed E-state index contributed by atoms with van der Waals surface area (Å²) in [6, 6.07) is 15.9. The van der Waals surface area contributed by atoms with E-state index in [1.54, 1.807) is 48.5 Å². The fourth-order valence-electron chi connectivity index (χ4n) is 3.39. The van der Waals surface area contributed by atoms with E-state index in [1.807, 2.05) is 6.92 Å². The van der Waals surface area contributed by atoms with Gasteiger partial charge < -0.3 is 15.4 Å². The Morgan fingerprint density at radius 3 is 2.36 bits per heavy atom. The van der Waals surface area contributed by atoms with E-state index in [0.29, 0.717) is 35.0 Å². The smallest absolute Gasteiger partial charge is 0.328 e. The standard InChI is InChI=1S/C25H19BrF2N4O4/c1-2-36-18-7-5-17(6-8-18)29-23(33)22-12-14-11-15(26)3-10-21(14)32(22)31-25(35)24(34)30-20-9-4-16(27)13-19(20)28/h3-13H,2H2,1H3,(H,29,33)(H,30,34)(H,31,35). The van der Waals surface area contributed by atoms with Crippen LogP contribution in [0.5, 0.6) is 5.75 Å². The quantitative estimate of drug-likeness (QED) is 0.289. The Balaban J connectivity index is 1.59. The molecule has 0 saturated carbocycles. The van der Waals surface area contributed by atoms with Crippen LogP contribution in [0.1, 0.15) is 17.4 Å². The predicted octanol–water partition coefficient (Wildman–Crippen LogP) is 5.04. The second-order valence-electron chi connectivity index (χ2n) is 7.50. The molecule has 0 aliphatic carbocycles. The number of anilines is 2. The molecular formula is C25H19BrF2N4O4. The summed E-state index contributed by atoms with van der Waals surface area (Å²) < 4.78 is 34.3. The zero-order valence-electron chi connectivity index (χ0n) is 18.8. The number of hydrogen-bond donors (Lipinski definition) is 3. The Hall–Kier alpha value is -4.25. The summed E-state index contributed by atoms with van der Waals surface area (Å²) in [5, 5.41) is 5.42. The SMILES string of the molecule is CCOc1ccc(NC(=O)c2cc3cc(Br)ccc3n2NC(=O)C(=O)Nc2ccc(F)cc2F)cc1. The molecule has 4 aromatic rings. The number of ether oxygens (including phenoxy) is 1. The number of benzene rings is 3. The van der Waals surface area contributed by atoms with Crippen molar-refractivity contribution >= 4 is 55.9 Å². The van der Waals surface area contributed by atoms with E-state index in [-0.39, 0.29) is 11.4 Å². The van der Waals surface area contributed by atoms with E-state index in [9.17, 15) is 23.2 Å². The highest BCUT2D eigenvalue weighted by molar-refractivity contribution is 9.10. The monoisotopic (exact) mass is 556 g/mol. The topological polar surface area (TPSA) is 101 Å². The normalized spacial score (nSPS) is 10.7.